The largest absolute Gasteiger partial charge is 0.296 e. The van der Waals surface area contributed by atoms with Crippen molar-refractivity contribution in [1.82, 2.24) is 19.1 Å². The van der Waals surface area contributed by atoms with Crippen molar-refractivity contribution < 1.29 is 10.2 Å². The van der Waals surface area contributed by atoms with E-state index < -0.39 is 13.3 Å². The lowest BCUT2D eigenvalue weighted by Gasteiger charge is -2.12. The van der Waals surface area contributed by atoms with Crippen LogP contribution < -0.4 is 11.1 Å². The van der Waals surface area contributed by atoms with E-state index in [-0.39, 0.29) is 24.4 Å². The number of benzene rings is 2. The van der Waals surface area contributed by atoms with Crippen LogP contribution in [0.5, 0.6) is 0 Å². The van der Waals surface area contributed by atoms with Crippen LogP contribution in [-0.2, 0) is 19.5 Å². The highest BCUT2D eigenvalue weighted by atomic mass is 79.9. The van der Waals surface area contributed by atoms with Gasteiger partial charge in [-0.25, -0.2) is 14.4 Å². The van der Waals surface area contributed by atoms with Gasteiger partial charge in [0.25, 0.3) is 11.1 Å². The minimum absolute atomic E-state index is 0. The van der Waals surface area contributed by atoms with Crippen LogP contribution in [0.3, 0.4) is 0 Å². The molecule has 0 fully saturated rings. The molecule has 0 saturated carbocycles. The molecule has 0 radical (unpaired) electrons. The molecule has 0 aliphatic carbocycles. The number of rotatable bonds is 0. The van der Waals surface area contributed by atoms with Crippen LogP contribution in [0.2, 0.25) is 0 Å². The lowest BCUT2D eigenvalue weighted by Crippen LogP contribution is -2.25. The van der Waals surface area contributed by atoms with Crippen LogP contribution in [0.4, 0.5) is 8.78 Å². The van der Waals surface area contributed by atoms with Crippen molar-refractivity contribution in [1.29, 1.82) is 0 Å². The van der Waals surface area contributed by atoms with Crippen molar-refractivity contribution in [2.75, 3.05) is 7.15 Å². The Balaban J connectivity index is 0.000000192. The van der Waals surface area contributed by atoms with E-state index in [0.717, 1.165) is 64.3 Å². The van der Waals surface area contributed by atoms with E-state index in [1.807, 2.05) is 28.8 Å². The standard InChI is InChI=1S/C13H12BrFN2O.C13H13BrN2O.CH3F.CH4/c14-8-4-5-9-11(7-8)16-12-10(15)3-1-2-6-17(12)13(9)18;14-9-5-6-10-11(8-9)15-12-4-2-1-3-7-16(12)13(10)17;1-2;/h4-5,7,10H,1-3,6H2;5-6,8H,1-4,7H2;1H3;1H4/i;;1D;. The Bertz CT molecular complexity index is 1560. The third-order valence-electron chi connectivity index (χ3n) is 6.59. The molecule has 6 rings (SSSR count). The number of halogens is 4. The molecule has 2 aromatic heterocycles. The van der Waals surface area contributed by atoms with Crippen LogP contribution >= 0.6 is 31.9 Å². The second-order valence-electron chi connectivity index (χ2n) is 9.01. The number of fused-ring (bicyclic) bond motifs is 4. The molecule has 2 aliphatic heterocycles. The molecule has 0 bridgehead atoms. The Morgan fingerprint density at radius 2 is 1.42 bits per heavy atom. The molecule has 4 aromatic rings. The third-order valence-corrected chi connectivity index (χ3v) is 7.58. The first kappa shape index (κ1) is 28.5. The topological polar surface area (TPSA) is 69.8 Å². The van der Waals surface area contributed by atoms with Crippen molar-refractivity contribution in [2.45, 2.75) is 71.6 Å². The summed E-state index contributed by atoms with van der Waals surface area (Å²) in [6.45, 7) is 1.38. The van der Waals surface area contributed by atoms with Crippen molar-refractivity contribution in [3.8, 4) is 0 Å². The Morgan fingerprint density at radius 3 is 2.08 bits per heavy atom. The van der Waals surface area contributed by atoms with E-state index in [1.54, 1.807) is 12.1 Å². The van der Waals surface area contributed by atoms with Crippen LogP contribution in [0.25, 0.3) is 21.8 Å². The number of alkyl halides is 2. The first-order chi connectivity index (χ1) is 18.3. The molecule has 0 spiro atoms. The number of aromatic nitrogens is 4. The van der Waals surface area contributed by atoms with Crippen LogP contribution in [0.15, 0.2) is 54.9 Å². The summed E-state index contributed by atoms with van der Waals surface area (Å²) in [4.78, 5) is 33.6. The summed E-state index contributed by atoms with van der Waals surface area (Å²) in [5, 5.41) is 1.27. The van der Waals surface area contributed by atoms with Gasteiger partial charge >= 0.3 is 0 Å². The molecular weight excluding hydrogens is 622 g/mol. The summed E-state index contributed by atoms with van der Waals surface area (Å²) in [5.74, 6) is 1.22. The predicted molar refractivity (Wildman–Crippen MR) is 156 cm³/mol. The van der Waals surface area contributed by atoms with Crippen LogP contribution in [0.1, 0.15) is 65.1 Å². The van der Waals surface area contributed by atoms with Crippen molar-refractivity contribution in [3.63, 3.8) is 0 Å². The van der Waals surface area contributed by atoms with E-state index in [2.05, 4.69) is 41.8 Å². The maximum absolute atomic E-state index is 14.0. The molecule has 6 nitrogen and oxygen atoms in total. The third kappa shape index (κ3) is 6.39. The quantitative estimate of drug-likeness (QED) is 0.197. The fourth-order valence-electron chi connectivity index (χ4n) is 4.78. The summed E-state index contributed by atoms with van der Waals surface area (Å²) in [6.07, 6.45) is 5.25. The Labute approximate surface area is 238 Å². The van der Waals surface area contributed by atoms with Gasteiger partial charge in [0, 0.05) is 28.5 Å². The minimum Gasteiger partial charge on any atom is -0.296 e. The van der Waals surface area contributed by atoms with Gasteiger partial charge in [0.2, 0.25) is 0 Å². The monoisotopic (exact) mass is 653 g/mol. The average Bonchev–Trinajstić information content (AvgIpc) is 3.24. The highest BCUT2D eigenvalue weighted by molar-refractivity contribution is 9.10. The zero-order valence-electron chi connectivity index (χ0n) is 21.2. The van der Waals surface area contributed by atoms with Gasteiger partial charge in [-0.3, -0.25) is 23.1 Å². The molecule has 38 heavy (non-hydrogen) atoms. The summed E-state index contributed by atoms with van der Waals surface area (Å²) >= 11 is 6.76. The lowest BCUT2D eigenvalue weighted by atomic mass is 10.2. The van der Waals surface area contributed by atoms with E-state index in [9.17, 15) is 18.4 Å². The van der Waals surface area contributed by atoms with Gasteiger partial charge in [-0.1, -0.05) is 45.7 Å². The van der Waals surface area contributed by atoms with Gasteiger partial charge in [0.1, 0.15) is 11.6 Å². The molecular formula is C28H32Br2F2N4O2. The highest BCUT2D eigenvalue weighted by Gasteiger charge is 2.22. The molecule has 2 aromatic carbocycles. The van der Waals surface area contributed by atoms with Gasteiger partial charge < -0.3 is 0 Å². The van der Waals surface area contributed by atoms with Gasteiger partial charge in [-0.05, 0) is 68.5 Å². The summed E-state index contributed by atoms with van der Waals surface area (Å²) < 4.78 is 34.7. The molecule has 0 saturated heterocycles. The smallest absolute Gasteiger partial charge is 0.261 e. The van der Waals surface area contributed by atoms with Gasteiger partial charge in [0.05, 0.1) is 30.3 Å². The van der Waals surface area contributed by atoms with E-state index in [4.69, 9.17) is 1.37 Å². The fourth-order valence-corrected chi connectivity index (χ4v) is 5.48. The summed E-state index contributed by atoms with van der Waals surface area (Å²) in [7, 11) is -1.00. The maximum atomic E-state index is 14.0. The highest BCUT2D eigenvalue weighted by Crippen LogP contribution is 2.27. The maximum Gasteiger partial charge on any atom is 0.261 e. The van der Waals surface area contributed by atoms with Crippen molar-refractivity contribution >= 4 is 53.7 Å². The molecule has 0 N–H and O–H groups in total. The van der Waals surface area contributed by atoms with Gasteiger partial charge in [-0.2, -0.15) is 0 Å². The van der Waals surface area contributed by atoms with Crippen LogP contribution in [-0.4, -0.2) is 26.3 Å². The molecule has 204 valence electrons. The lowest BCUT2D eigenvalue weighted by molar-refractivity contribution is 0.305. The van der Waals surface area contributed by atoms with E-state index >= 15 is 0 Å². The SMILES string of the molecule is C.O=c1c2ccc(Br)cc2nc2n1CCCCC2.O=c1c2ccc(Br)cc2nc2n1CCCCC2F.[2H]CF. The van der Waals surface area contributed by atoms with Gasteiger partial charge in [-0.15, -0.1) is 0 Å². The Morgan fingerprint density at radius 1 is 0.868 bits per heavy atom. The summed E-state index contributed by atoms with van der Waals surface area (Å²) in [5.41, 5.74) is 1.34. The molecule has 0 amide bonds. The second-order valence-corrected chi connectivity index (χ2v) is 10.8. The summed E-state index contributed by atoms with van der Waals surface area (Å²) in [6, 6.07) is 11.0. The second kappa shape index (κ2) is 13.6. The number of hydrogen-bond acceptors (Lipinski definition) is 4. The first-order valence-corrected chi connectivity index (χ1v) is 13.8. The molecule has 1 atom stereocenters. The molecule has 2 aliphatic rings. The van der Waals surface area contributed by atoms with E-state index in [0.29, 0.717) is 23.9 Å². The molecule has 1 unspecified atom stereocenters. The fraction of sp³-hybridized carbons (Fsp3) is 0.429. The van der Waals surface area contributed by atoms with Crippen molar-refractivity contribution in [3.05, 3.63) is 77.7 Å². The van der Waals surface area contributed by atoms with Crippen molar-refractivity contribution in [2.24, 2.45) is 0 Å². The first-order valence-electron chi connectivity index (χ1n) is 12.9. The van der Waals surface area contributed by atoms with E-state index in [1.165, 1.54) is 11.0 Å². The predicted octanol–water partition coefficient (Wildman–Crippen LogP) is 7.46. The Kier molecular flexibility index (Phi) is 10.2. The number of aryl methyl sites for hydroxylation is 1. The zero-order chi connectivity index (χ0) is 27.2. The Hall–Kier alpha value is -2.46. The normalized spacial score (nSPS) is 16.7. The zero-order valence-corrected chi connectivity index (χ0v) is 23.4. The average molecular weight is 655 g/mol. The minimum atomic E-state index is -1.14. The number of nitrogens with zero attached hydrogens (tertiary/aromatic N) is 4. The molecule has 10 heteroatoms. The van der Waals surface area contributed by atoms with Gasteiger partial charge in [0.15, 0.2) is 6.17 Å². The number of hydrogen-bond donors (Lipinski definition) is 0. The van der Waals surface area contributed by atoms with Crippen LogP contribution in [0, 0.1) is 0 Å². The molecule has 4 heterocycles.